The Morgan fingerprint density at radius 3 is 1.19 bits per heavy atom. The van der Waals surface area contributed by atoms with Crippen molar-refractivity contribution in [3.63, 3.8) is 0 Å². The molecule has 0 atom stereocenters. The summed E-state index contributed by atoms with van der Waals surface area (Å²) < 4.78 is 137. The van der Waals surface area contributed by atoms with Gasteiger partial charge in [0, 0.05) is 0 Å². The lowest BCUT2D eigenvalue weighted by molar-refractivity contribution is -0.435. The molecule has 0 aromatic heterocycles. The SMILES string of the molecule is OC(O)=C(F)C(F)(F)C(F)(F)C(F)(F)C(F)(F)C(O)(F)F. The van der Waals surface area contributed by atoms with E-state index in [4.69, 9.17) is 15.3 Å². The zero-order valence-corrected chi connectivity index (χ0v) is 9.00. The van der Waals surface area contributed by atoms with Crippen molar-refractivity contribution >= 4 is 0 Å². The summed E-state index contributed by atoms with van der Waals surface area (Å²) in [5, 5.41) is 22.9. The predicted molar refractivity (Wildman–Crippen MR) is 40.3 cm³/mol. The summed E-state index contributed by atoms with van der Waals surface area (Å²) in [6.45, 7) is 0. The topological polar surface area (TPSA) is 60.7 Å². The van der Waals surface area contributed by atoms with E-state index in [0.29, 0.717) is 0 Å². The lowest BCUT2D eigenvalue weighted by Gasteiger charge is -2.36. The number of allylic oxidation sites excluding steroid dienone is 1. The second-order valence-corrected chi connectivity index (χ2v) is 3.48. The van der Waals surface area contributed by atoms with Crippen LogP contribution in [0.5, 0.6) is 0 Å². The van der Waals surface area contributed by atoms with Crippen molar-refractivity contribution in [1.29, 1.82) is 0 Å². The third-order valence-corrected chi connectivity index (χ3v) is 2.03. The molecule has 21 heavy (non-hydrogen) atoms. The molecule has 0 rings (SSSR count). The molecule has 0 unspecified atom stereocenters. The van der Waals surface area contributed by atoms with E-state index >= 15 is 0 Å². The molecule has 0 fully saturated rings. The Morgan fingerprint density at radius 2 is 0.952 bits per heavy atom. The van der Waals surface area contributed by atoms with Gasteiger partial charge in [-0.1, -0.05) is 0 Å². The highest BCUT2D eigenvalue weighted by Gasteiger charge is 2.87. The molecule has 0 amide bonds. The van der Waals surface area contributed by atoms with Gasteiger partial charge < -0.3 is 15.3 Å². The molecule has 0 aromatic carbocycles. The molecule has 0 aliphatic rings. The van der Waals surface area contributed by atoms with E-state index in [1.807, 2.05) is 0 Å². The van der Waals surface area contributed by atoms with Crippen molar-refractivity contribution in [2.45, 2.75) is 29.8 Å². The van der Waals surface area contributed by atoms with Crippen LogP contribution < -0.4 is 0 Å². The summed E-state index contributed by atoms with van der Waals surface area (Å²) in [5.41, 5.74) is 0. The van der Waals surface area contributed by atoms with Gasteiger partial charge in [0.25, 0.3) is 5.83 Å². The van der Waals surface area contributed by atoms with Crippen molar-refractivity contribution in [3.05, 3.63) is 11.8 Å². The summed E-state index contributed by atoms with van der Waals surface area (Å²) in [6.07, 6.45) is -6.88. The zero-order valence-electron chi connectivity index (χ0n) is 9.00. The van der Waals surface area contributed by atoms with Crippen LogP contribution in [0, 0.1) is 0 Å². The van der Waals surface area contributed by atoms with E-state index in [1.165, 1.54) is 0 Å². The van der Waals surface area contributed by atoms with Gasteiger partial charge >= 0.3 is 35.7 Å². The average Bonchev–Trinajstić information content (AvgIpc) is 2.25. The summed E-state index contributed by atoms with van der Waals surface area (Å²) in [7, 11) is 0. The van der Waals surface area contributed by atoms with Crippen molar-refractivity contribution in [2.75, 3.05) is 0 Å². The van der Waals surface area contributed by atoms with Crippen LogP contribution in [0.1, 0.15) is 0 Å². The molecular weight excluding hydrogens is 341 g/mol. The minimum Gasteiger partial charge on any atom is -0.479 e. The van der Waals surface area contributed by atoms with Gasteiger partial charge in [-0.15, -0.1) is 0 Å². The van der Waals surface area contributed by atoms with E-state index in [1.54, 1.807) is 0 Å². The van der Waals surface area contributed by atoms with Gasteiger partial charge in [-0.05, 0) is 0 Å². The Bertz CT molecular complexity index is 432. The lowest BCUT2D eigenvalue weighted by Crippen LogP contribution is -2.67. The number of hydrogen-bond donors (Lipinski definition) is 3. The van der Waals surface area contributed by atoms with Crippen LogP contribution in [0.25, 0.3) is 0 Å². The third-order valence-electron chi connectivity index (χ3n) is 2.03. The quantitative estimate of drug-likeness (QED) is 0.529. The van der Waals surface area contributed by atoms with E-state index in [-0.39, 0.29) is 0 Å². The zero-order chi connectivity index (χ0) is 17.7. The van der Waals surface area contributed by atoms with Crippen LogP contribution in [0.3, 0.4) is 0 Å². The first-order chi connectivity index (χ1) is 8.85. The summed E-state index contributed by atoms with van der Waals surface area (Å²) in [6, 6.07) is 0. The second-order valence-electron chi connectivity index (χ2n) is 3.48. The number of alkyl halides is 10. The first-order valence-corrected chi connectivity index (χ1v) is 4.25. The van der Waals surface area contributed by atoms with Crippen LogP contribution in [0.15, 0.2) is 11.8 Å². The maximum Gasteiger partial charge on any atom is 0.423 e. The Labute approximate surface area is 106 Å². The summed E-state index contributed by atoms with van der Waals surface area (Å²) in [4.78, 5) is 0. The fourth-order valence-corrected chi connectivity index (χ4v) is 0.861. The Morgan fingerprint density at radius 1 is 0.619 bits per heavy atom. The predicted octanol–water partition coefficient (Wildman–Crippen LogP) is 3.37. The molecule has 0 heterocycles. The number of hydrogen-bond acceptors (Lipinski definition) is 3. The molecule has 3 N–H and O–H groups in total. The lowest BCUT2D eigenvalue weighted by atomic mass is 9.97. The molecule has 0 radical (unpaired) electrons. The number of aliphatic hydroxyl groups is 3. The van der Waals surface area contributed by atoms with Crippen LogP contribution in [-0.4, -0.2) is 45.1 Å². The molecule has 126 valence electrons. The molecule has 0 spiro atoms. The molecule has 0 aromatic rings. The maximum absolute atomic E-state index is 12.7. The minimum absolute atomic E-state index is 3.27. The average molecular weight is 344 g/mol. The van der Waals surface area contributed by atoms with E-state index in [0.717, 1.165) is 0 Å². The van der Waals surface area contributed by atoms with E-state index in [2.05, 4.69) is 0 Å². The van der Waals surface area contributed by atoms with Crippen LogP contribution in [0.4, 0.5) is 48.3 Å². The Kier molecular flexibility index (Phi) is 4.44. The number of halogens is 11. The van der Waals surface area contributed by atoms with Crippen LogP contribution in [-0.2, 0) is 0 Å². The molecular formula is C7H3F11O3. The number of aliphatic hydroxyl groups excluding tert-OH is 1. The molecule has 0 saturated carbocycles. The molecule has 0 saturated heterocycles. The van der Waals surface area contributed by atoms with E-state index < -0.39 is 41.6 Å². The third kappa shape index (κ3) is 2.55. The van der Waals surface area contributed by atoms with Gasteiger partial charge in [-0.3, -0.25) is 0 Å². The summed E-state index contributed by atoms with van der Waals surface area (Å²) in [5.74, 6) is -37.1. The van der Waals surface area contributed by atoms with Crippen molar-refractivity contribution < 1.29 is 63.6 Å². The first-order valence-electron chi connectivity index (χ1n) is 4.25. The normalized spacial score (nSPS) is 15.0. The van der Waals surface area contributed by atoms with Gasteiger partial charge in [0.05, 0.1) is 0 Å². The minimum atomic E-state index is -7.69. The second kappa shape index (κ2) is 4.78. The molecule has 3 nitrogen and oxygen atoms in total. The largest absolute Gasteiger partial charge is 0.479 e. The van der Waals surface area contributed by atoms with Crippen molar-refractivity contribution in [2.24, 2.45) is 0 Å². The monoisotopic (exact) mass is 344 g/mol. The van der Waals surface area contributed by atoms with Gasteiger partial charge in [0.15, 0.2) is 0 Å². The van der Waals surface area contributed by atoms with Crippen molar-refractivity contribution in [3.8, 4) is 0 Å². The highest BCUT2D eigenvalue weighted by atomic mass is 19.4. The highest BCUT2D eigenvalue weighted by Crippen LogP contribution is 2.58. The van der Waals surface area contributed by atoms with Gasteiger partial charge in [-0.25, -0.2) is 0 Å². The van der Waals surface area contributed by atoms with Crippen LogP contribution >= 0.6 is 0 Å². The smallest absolute Gasteiger partial charge is 0.423 e. The molecule has 0 aliphatic carbocycles. The van der Waals surface area contributed by atoms with Crippen molar-refractivity contribution in [1.82, 2.24) is 0 Å². The van der Waals surface area contributed by atoms with Gasteiger partial charge in [0.1, 0.15) is 0 Å². The standard InChI is InChI=1S/C7H3F11O3/c8-1(2(19)20)3(9,10)4(11,12)5(13,14)6(15,16)7(17,18)21/h19-21H. The maximum atomic E-state index is 12.7. The molecule has 14 heteroatoms. The Balaban J connectivity index is 6.20. The number of rotatable bonds is 5. The highest BCUT2D eigenvalue weighted by molar-refractivity contribution is 5.17. The fraction of sp³-hybridized carbons (Fsp3) is 0.714. The summed E-state index contributed by atoms with van der Waals surface area (Å²) >= 11 is 0. The van der Waals surface area contributed by atoms with E-state index in [9.17, 15) is 48.3 Å². The van der Waals surface area contributed by atoms with Gasteiger partial charge in [-0.2, -0.15) is 48.3 Å². The van der Waals surface area contributed by atoms with Gasteiger partial charge in [0.2, 0.25) is 0 Å². The Hall–Kier alpha value is -1.47. The fourth-order valence-electron chi connectivity index (χ4n) is 0.861. The van der Waals surface area contributed by atoms with Crippen LogP contribution in [0.2, 0.25) is 0 Å². The molecule has 0 aliphatic heterocycles. The first kappa shape index (κ1) is 19.5. The molecule has 0 bridgehead atoms.